The van der Waals surface area contributed by atoms with Gasteiger partial charge in [-0.3, -0.25) is 9.59 Å². The van der Waals surface area contributed by atoms with Crippen molar-refractivity contribution in [3.63, 3.8) is 0 Å². The Morgan fingerprint density at radius 3 is 2.27 bits per heavy atom. The minimum Gasteiger partial charge on any atom is -0.469 e. The average molecular weight is 214 g/mol. The summed E-state index contributed by atoms with van der Waals surface area (Å²) in [6, 6.07) is 0. The predicted octanol–water partition coefficient (Wildman–Crippen LogP) is 1.53. The minimum atomic E-state index is -0.680. The van der Waals surface area contributed by atoms with Gasteiger partial charge in [0.15, 0.2) is 0 Å². The Kier molecular flexibility index (Phi) is 2.81. The van der Waals surface area contributed by atoms with E-state index in [1.807, 2.05) is 20.8 Å². The maximum absolute atomic E-state index is 11.7. The number of esters is 2. The van der Waals surface area contributed by atoms with Crippen LogP contribution in [0.25, 0.3) is 0 Å². The lowest BCUT2D eigenvalue weighted by atomic mass is 10.1. The molecule has 4 heteroatoms. The Bertz CT molecular complexity index is 289. The maximum Gasteiger partial charge on any atom is 0.313 e. The van der Waals surface area contributed by atoms with Crippen LogP contribution in [0.5, 0.6) is 0 Å². The first-order valence-corrected chi connectivity index (χ1v) is 5.02. The number of carbonyl (C=O) groups is 2. The van der Waals surface area contributed by atoms with Gasteiger partial charge in [-0.05, 0) is 34.1 Å². The van der Waals surface area contributed by atoms with Crippen LogP contribution in [0.15, 0.2) is 0 Å². The smallest absolute Gasteiger partial charge is 0.313 e. The minimum absolute atomic E-state index is 0.314. The van der Waals surface area contributed by atoms with Crippen molar-refractivity contribution in [3.05, 3.63) is 0 Å². The molecule has 15 heavy (non-hydrogen) atoms. The molecule has 1 saturated carbocycles. The Hall–Kier alpha value is -1.06. The van der Waals surface area contributed by atoms with E-state index in [9.17, 15) is 9.59 Å². The van der Waals surface area contributed by atoms with E-state index in [2.05, 4.69) is 4.74 Å². The van der Waals surface area contributed by atoms with Gasteiger partial charge in [0.1, 0.15) is 5.60 Å². The first-order valence-electron chi connectivity index (χ1n) is 5.02. The van der Waals surface area contributed by atoms with Crippen LogP contribution < -0.4 is 0 Å². The van der Waals surface area contributed by atoms with Gasteiger partial charge in [-0.2, -0.15) is 0 Å². The number of rotatable bonds is 2. The molecule has 4 nitrogen and oxygen atoms in total. The van der Waals surface area contributed by atoms with Crippen LogP contribution in [0.2, 0.25) is 0 Å². The third-order valence-corrected chi connectivity index (χ3v) is 2.59. The first-order chi connectivity index (χ1) is 6.70. The highest BCUT2D eigenvalue weighted by molar-refractivity contribution is 5.90. The second kappa shape index (κ2) is 3.51. The summed E-state index contributed by atoms with van der Waals surface area (Å²) in [5.74, 6) is -0.980. The highest BCUT2D eigenvalue weighted by atomic mass is 16.6. The van der Waals surface area contributed by atoms with Gasteiger partial charge in [0.2, 0.25) is 0 Å². The highest BCUT2D eigenvalue weighted by Gasteiger charge is 2.62. The molecule has 1 fully saturated rings. The molecule has 0 aliphatic heterocycles. The number of carbonyl (C=O) groups excluding carboxylic acids is 2. The van der Waals surface area contributed by atoms with Gasteiger partial charge in [-0.15, -0.1) is 0 Å². The van der Waals surface area contributed by atoms with Crippen molar-refractivity contribution < 1.29 is 19.1 Å². The normalized spacial score (nSPS) is 29.5. The van der Waals surface area contributed by atoms with Gasteiger partial charge in [0.05, 0.1) is 18.4 Å². The van der Waals surface area contributed by atoms with Crippen molar-refractivity contribution in [2.24, 2.45) is 11.3 Å². The average Bonchev–Trinajstić information content (AvgIpc) is 2.75. The van der Waals surface area contributed by atoms with Crippen LogP contribution in [-0.2, 0) is 19.1 Å². The zero-order valence-electron chi connectivity index (χ0n) is 9.92. The summed E-state index contributed by atoms with van der Waals surface area (Å²) in [7, 11) is 1.33. The quantitative estimate of drug-likeness (QED) is 0.654. The predicted molar refractivity (Wildman–Crippen MR) is 54.1 cm³/mol. The van der Waals surface area contributed by atoms with Crippen molar-refractivity contribution in [3.8, 4) is 0 Å². The van der Waals surface area contributed by atoms with Crippen molar-refractivity contribution in [2.75, 3.05) is 7.11 Å². The topological polar surface area (TPSA) is 52.6 Å². The second-order valence-electron chi connectivity index (χ2n) is 5.20. The molecule has 0 aromatic carbocycles. The molecule has 0 aromatic heterocycles. The monoisotopic (exact) mass is 214 g/mol. The van der Waals surface area contributed by atoms with E-state index in [0.29, 0.717) is 6.42 Å². The van der Waals surface area contributed by atoms with Gasteiger partial charge in [0.25, 0.3) is 0 Å². The van der Waals surface area contributed by atoms with Gasteiger partial charge >= 0.3 is 11.9 Å². The molecule has 0 amide bonds. The van der Waals surface area contributed by atoms with E-state index in [1.54, 1.807) is 6.92 Å². The Morgan fingerprint density at radius 2 is 1.87 bits per heavy atom. The van der Waals surface area contributed by atoms with Gasteiger partial charge in [-0.1, -0.05) is 0 Å². The van der Waals surface area contributed by atoms with Crippen molar-refractivity contribution in [1.29, 1.82) is 0 Å². The Morgan fingerprint density at radius 1 is 1.33 bits per heavy atom. The molecule has 0 spiro atoms. The first kappa shape index (κ1) is 12.0. The maximum atomic E-state index is 11.7. The van der Waals surface area contributed by atoms with E-state index in [-0.39, 0.29) is 17.9 Å². The fraction of sp³-hybridized carbons (Fsp3) is 0.818. The molecule has 1 aliphatic rings. The van der Waals surface area contributed by atoms with Crippen LogP contribution in [0.4, 0.5) is 0 Å². The molecule has 2 atom stereocenters. The van der Waals surface area contributed by atoms with Crippen molar-refractivity contribution in [1.82, 2.24) is 0 Å². The molecule has 0 N–H and O–H groups in total. The summed E-state index contributed by atoms with van der Waals surface area (Å²) >= 11 is 0. The SMILES string of the molecule is COC(=O)C1CC1(C)C(=O)OC(C)(C)C. The zero-order valence-corrected chi connectivity index (χ0v) is 9.92. The lowest BCUT2D eigenvalue weighted by Crippen LogP contribution is -2.30. The molecule has 0 radical (unpaired) electrons. The summed E-state index contributed by atoms with van der Waals surface area (Å²) in [5.41, 5.74) is -1.19. The fourth-order valence-electron chi connectivity index (χ4n) is 1.47. The Labute approximate surface area is 89.9 Å². The summed E-state index contributed by atoms with van der Waals surface area (Å²) in [6.07, 6.45) is 0.522. The third kappa shape index (κ3) is 2.49. The third-order valence-electron chi connectivity index (χ3n) is 2.59. The molecule has 0 bridgehead atoms. The Balaban J connectivity index is 2.60. The summed E-state index contributed by atoms with van der Waals surface area (Å²) < 4.78 is 9.85. The fourth-order valence-corrected chi connectivity index (χ4v) is 1.47. The number of hydrogen-bond acceptors (Lipinski definition) is 4. The molecule has 2 unspecified atom stereocenters. The zero-order chi connectivity index (χ0) is 11.9. The van der Waals surface area contributed by atoms with Crippen molar-refractivity contribution in [2.45, 2.75) is 39.7 Å². The van der Waals surface area contributed by atoms with E-state index in [1.165, 1.54) is 7.11 Å². The molecule has 1 rings (SSSR count). The highest BCUT2D eigenvalue weighted by Crippen LogP contribution is 2.54. The van der Waals surface area contributed by atoms with Crippen LogP contribution in [-0.4, -0.2) is 24.6 Å². The lowest BCUT2D eigenvalue weighted by Gasteiger charge is -2.22. The molecule has 86 valence electrons. The molecular weight excluding hydrogens is 196 g/mol. The summed E-state index contributed by atoms with van der Waals surface area (Å²) in [6.45, 7) is 7.17. The van der Waals surface area contributed by atoms with E-state index < -0.39 is 11.0 Å². The van der Waals surface area contributed by atoms with Crippen LogP contribution in [0.3, 0.4) is 0 Å². The number of hydrogen-bond donors (Lipinski definition) is 0. The second-order valence-corrected chi connectivity index (χ2v) is 5.20. The lowest BCUT2D eigenvalue weighted by molar-refractivity contribution is -0.164. The van der Waals surface area contributed by atoms with Gasteiger partial charge < -0.3 is 9.47 Å². The van der Waals surface area contributed by atoms with Crippen molar-refractivity contribution >= 4 is 11.9 Å². The summed E-state index contributed by atoms with van der Waals surface area (Å²) in [4.78, 5) is 23.0. The van der Waals surface area contributed by atoms with Crippen LogP contribution in [0, 0.1) is 11.3 Å². The summed E-state index contributed by atoms with van der Waals surface area (Å²) in [5, 5.41) is 0. The molecule has 0 heterocycles. The van der Waals surface area contributed by atoms with Crippen LogP contribution in [0.1, 0.15) is 34.1 Å². The van der Waals surface area contributed by atoms with E-state index >= 15 is 0 Å². The number of methoxy groups -OCH3 is 1. The van der Waals surface area contributed by atoms with E-state index in [0.717, 1.165) is 0 Å². The standard InChI is InChI=1S/C11H18O4/c1-10(2,3)15-9(13)11(4)6-7(11)8(12)14-5/h7H,6H2,1-5H3. The number of ether oxygens (including phenoxy) is 2. The van der Waals surface area contributed by atoms with Gasteiger partial charge in [-0.25, -0.2) is 0 Å². The molecular formula is C11H18O4. The largest absolute Gasteiger partial charge is 0.469 e. The van der Waals surface area contributed by atoms with E-state index in [4.69, 9.17) is 4.74 Å². The molecule has 1 aliphatic carbocycles. The van der Waals surface area contributed by atoms with Gasteiger partial charge in [0, 0.05) is 0 Å². The molecule has 0 saturated heterocycles. The molecule has 0 aromatic rings. The van der Waals surface area contributed by atoms with Crippen LogP contribution >= 0.6 is 0 Å².